The van der Waals surface area contributed by atoms with E-state index in [0.29, 0.717) is 5.69 Å². The molecule has 3 heteroatoms. The molecule has 0 unspecified atom stereocenters. The van der Waals surface area contributed by atoms with Crippen LogP contribution in [0.1, 0.15) is 5.56 Å². The van der Waals surface area contributed by atoms with Crippen LogP contribution in [0.2, 0.25) is 0 Å². The van der Waals surface area contributed by atoms with Gasteiger partial charge in [-0.1, -0.05) is 24.3 Å². The van der Waals surface area contributed by atoms with Crippen molar-refractivity contribution in [3.63, 3.8) is 0 Å². The van der Waals surface area contributed by atoms with Crippen LogP contribution >= 0.6 is 0 Å². The molecule has 2 aromatic rings. The van der Waals surface area contributed by atoms with Crippen molar-refractivity contribution in [2.45, 2.75) is 0 Å². The monoisotopic (exact) mass is 240 g/mol. The van der Waals surface area contributed by atoms with E-state index in [1.807, 2.05) is 67.5 Å². The topological polar surface area (TPSA) is 29.3 Å². The lowest BCUT2D eigenvalue weighted by molar-refractivity contribution is -0.354. The molecule has 0 aromatic heterocycles. The van der Waals surface area contributed by atoms with Gasteiger partial charge in [-0.25, -0.2) is 0 Å². The van der Waals surface area contributed by atoms with Gasteiger partial charge in [-0.15, -0.1) is 0 Å². The van der Waals surface area contributed by atoms with Crippen molar-refractivity contribution in [3.05, 3.63) is 65.4 Å². The molecule has 0 aliphatic heterocycles. The summed E-state index contributed by atoms with van der Waals surface area (Å²) >= 11 is 0. The van der Waals surface area contributed by atoms with E-state index in [2.05, 4.69) is 0 Å². The van der Waals surface area contributed by atoms with E-state index in [-0.39, 0.29) is 0 Å². The first-order valence-corrected chi connectivity index (χ1v) is 5.80. The molecule has 0 radical (unpaired) electrons. The first kappa shape index (κ1) is 12.2. The molecule has 0 saturated heterocycles. The summed E-state index contributed by atoms with van der Waals surface area (Å²) in [5.41, 5.74) is 2.53. The number of rotatable bonds is 3. The second kappa shape index (κ2) is 5.36. The molecular weight excluding hydrogens is 224 g/mol. The summed E-state index contributed by atoms with van der Waals surface area (Å²) in [5.74, 6) is 0. The van der Waals surface area contributed by atoms with Crippen LogP contribution in [-0.4, -0.2) is 25.0 Å². The summed E-state index contributed by atoms with van der Waals surface area (Å²) in [6.45, 7) is 0. The minimum atomic E-state index is 0.630. The van der Waals surface area contributed by atoms with E-state index in [9.17, 15) is 5.21 Å². The minimum absolute atomic E-state index is 0.630. The van der Waals surface area contributed by atoms with E-state index in [4.69, 9.17) is 0 Å². The summed E-state index contributed by atoms with van der Waals surface area (Å²) in [7, 11) is 3.91. The fourth-order valence-electron chi connectivity index (χ4n) is 1.66. The minimum Gasteiger partial charge on any atom is -0.618 e. The van der Waals surface area contributed by atoms with Gasteiger partial charge >= 0.3 is 0 Å². The standard InChI is InChI=1S/C15H16N2O/c1-16(2)14-9-6-10-15(11-14)17(18)12-13-7-4-3-5-8-13/h3-12H,1-2H3. The van der Waals surface area contributed by atoms with Gasteiger partial charge < -0.3 is 10.1 Å². The Morgan fingerprint density at radius 1 is 1.00 bits per heavy atom. The number of anilines is 1. The van der Waals surface area contributed by atoms with Gasteiger partial charge in [0, 0.05) is 37.5 Å². The average Bonchev–Trinajstić information content (AvgIpc) is 2.40. The average molecular weight is 240 g/mol. The lowest BCUT2D eigenvalue weighted by Gasteiger charge is -2.12. The Kier molecular flexibility index (Phi) is 3.63. The Labute approximate surface area is 107 Å². The molecule has 0 N–H and O–H groups in total. The second-order valence-electron chi connectivity index (χ2n) is 4.28. The highest BCUT2D eigenvalue weighted by atomic mass is 16.5. The fraction of sp³-hybridized carbons (Fsp3) is 0.133. The van der Waals surface area contributed by atoms with E-state index < -0.39 is 0 Å². The van der Waals surface area contributed by atoms with Crippen LogP contribution in [0.4, 0.5) is 11.4 Å². The van der Waals surface area contributed by atoms with Crippen molar-refractivity contribution < 1.29 is 4.74 Å². The van der Waals surface area contributed by atoms with Gasteiger partial charge in [0.05, 0.1) is 0 Å². The van der Waals surface area contributed by atoms with Crippen molar-refractivity contribution in [3.8, 4) is 0 Å². The van der Waals surface area contributed by atoms with Gasteiger partial charge in [0.25, 0.3) is 0 Å². The molecule has 0 aliphatic carbocycles. The highest BCUT2D eigenvalue weighted by Crippen LogP contribution is 2.19. The summed E-state index contributed by atoms with van der Waals surface area (Å²) in [6.07, 6.45) is 1.58. The first-order valence-electron chi connectivity index (χ1n) is 5.80. The normalized spacial score (nSPS) is 11.3. The number of hydrogen-bond acceptors (Lipinski definition) is 2. The lowest BCUT2D eigenvalue weighted by Crippen LogP contribution is -2.09. The third-order valence-electron chi connectivity index (χ3n) is 2.67. The molecule has 0 atom stereocenters. The molecule has 0 aliphatic rings. The van der Waals surface area contributed by atoms with Crippen LogP contribution in [0.5, 0.6) is 0 Å². The third-order valence-corrected chi connectivity index (χ3v) is 2.67. The van der Waals surface area contributed by atoms with Crippen molar-refractivity contribution in [2.24, 2.45) is 0 Å². The molecule has 0 amide bonds. The largest absolute Gasteiger partial charge is 0.618 e. The maximum atomic E-state index is 12.0. The predicted molar refractivity (Wildman–Crippen MR) is 75.7 cm³/mol. The molecule has 0 heterocycles. The fourth-order valence-corrected chi connectivity index (χ4v) is 1.66. The van der Waals surface area contributed by atoms with Crippen LogP contribution in [0.25, 0.3) is 0 Å². The Bertz CT molecular complexity index is 547. The van der Waals surface area contributed by atoms with Gasteiger partial charge in [-0.3, -0.25) is 0 Å². The SMILES string of the molecule is CN(C)c1cccc([N+]([O-])=Cc2ccccc2)c1. The molecule has 3 nitrogen and oxygen atoms in total. The summed E-state index contributed by atoms with van der Waals surface area (Å²) in [4.78, 5) is 1.97. The molecular formula is C15H16N2O. The van der Waals surface area contributed by atoms with Gasteiger partial charge in [0.1, 0.15) is 0 Å². The zero-order valence-corrected chi connectivity index (χ0v) is 10.6. The Morgan fingerprint density at radius 2 is 1.72 bits per heavy atom. The van der Waals surface area contributed by atoms with Gasteiger partial charge in [0.2, 0.25) is 5.69 Å². The molecule has 0 fully saturated rings. The summed E-state index contributed by atoms with van der Waals surface area (Å²) in [5, 5.41) is 12.0. The van der Waals surface area contributed by atoms with Crippen LogP contribution in [0, 0.1) is 5.21 Å². The van der Waals surface area contributed by atoms with E-state index in [1.54, 1.807) is 12.3 Å². The first-order chi connectivity index (χ1) is 8.66. The van der Waals surface area contributed by atoms with Crippen LogP contribution in [0.3, 0.4) is 0 Å². The molecule has 18 heavy (non-hydrogen) atoms. The van der Waals surface area contributed by atoms with E-state index in [1.165, 1.54) is 0 Å². The quantitative estimate of drug-likeness (QED) is 0.357. The smallest absolute Gasteiger partial charge is 0.218 e. The second-order valence-corrected chi connectivity index (χ2v) is 4.28. The van der Waals surface area contributed by atoms with Crippen LogP contribution in [0.15, 0.2) is 54.6 Å². The van der Waals surface area contributed by atoms with Gasteiger partial charge in [-0.2, -0.15) is 4.74 Å². The summed E-state index contributed by atoms with van der Waals surface area (Å²) in [6, 6.07) is 17.1. The van der Waals surface area contributed by atoms with Crippen molar-refractivity contribution >= 4 is 17.6 Å². The molecule has 92 valence electrons. The van der Waals surface area contributed by atoms with E-state index in [0.717, 1.165) is 16.0 Å². The van der Waals surface area contributed by atoms with Gasteiger partial charge in [-0.05, 0) is 18.2 Å². The van der Waals surface area contributed by atoms with Crippen molar-refractivity contribution in [1.29, 1.82) is 0 Å². The third kappa shape index (κ3) is 2.88. The van der Waals surface area contributed by atoms with E-state index >= 15 is 0 Å². The maximum absolute atomic E-state index is 12.0. The predicted octanol–water partition coefficient (Wildman–Crippen LogP) is 3.01. The maximum Gasteiger partial charge on any atom is 0.218 e. The number of nitrogens with zero attached hydrogens (tertiary/aromatic N) is 2. The lowest BCUT2D eigenvalue weighted by atomic mass is 10.2. The molecule has 0 saturated carbocycles. The number of hydrogen-bond donors (Lipinski definition) is 0. The van der Waals surface area contributed by atoms with Crippen LogP contribution in [-0.2, 0) is 0 Å². The molecule has 2 aromatic carbocycles. The Balaban J connectivity index is 2.31. The Hall–Kier alpha value is -2.29. The van der Waals surface area contributed by atoms with Crippen molar-refractivity contribution in [1.82, 2.24) is 0 Å². The van der Waals surface area contributed by atoms with Gasteiger partial charge in [0.15, 0.2) is 6.21 Å². The highest BCUT2D eigenvalue weighted by Gasteiger charge is 2.04. The van der Waals surface area contributed by atoms with Crippen molar-refractivity contribution in [2.75, 3.05) is 19.0 Å². The molecule has 0 spiro atoms. The highest BCUT2D eigenvalue weighted by molar-refractivity contribution is 5.76. The zero-order chi connectivity index (χ0) is 13.0. The Morgan fingerprint density at radius 3 is 2.39 bits per heavy atom. The summed E-state index contributed by atoms with van der Waals surface area (Å²) < 4.78 is 0.891. The zero-order valence-electron chi connectivity index (χ0n) is 10.6. The number of benzene rings is 2. The molecule has 0 bridgehead atoms. The molecule has 2 rings (SSSR count). The van der Waals surface area contributed by atoms with Crippen LogP contribution < -0.4 is 4.90 Å².